The molecule has 4 nitrogen and oxygen atoms in total. The molecule has 2 aromatic rings. The lowest BCUT2D eigenvalue weighted by Gasteiger charge is -2.06. The molecule has 1 unspecified atom stereocenters. The number of rotatable bonds is 4. The average molecular weight is 303 g/mol. The maximum absolute atomic E-state index is 12.1. The minimum Gasteiger partial charge on any atom is -0.241 e. The first-order valence-corrected chi connectivity index (χ1v) is 7.57. The number of carbonyl (C=O) groups excluding carboxylic acids is 1. The van der Waals surface area contributed by atoms with Crippen LogP contribution in [0, 0.1) is 20.8 Å². The van der Waals surface area contributed by atoms with Crippen LogP contribution >= 0.6 is 8.25 Å². The zero-order chi connectivity index (χ0) is 15.4. The molecule has 2 rings (SSSR count). The van der Waals surface area contributed by atoms with E-state index in [0.717, 1.165) is 16.7 Å². The lowest BCUT2D eigenvalue weighted by Crippen LogP contribution is -2.07. The minimum absolute atomic E-state index is 0.392. The fraction of sp³-hybridized carbons (Fsp3) is 0.188. The molecule has 0 aromatic heterocycles. The van der Waals surface area contributed by atoms with E-state index in [1.807, 2.05) is 39.0 Å². The van der Waals surface area contributed by atoms with Crippen molar-refractivity contribution in [1.82, 2.24) is 0 Å². The maximum atomic E-state index is 12.1. The van der Waals surface area contributed by atoms with Gasteiger partial charge in [-0.1, -0.05) is 35.9 Å². The van der Waals surface area contributed by atoms with E-state index in [1.165, 1.54) is 0 Å². The second-order valence-corrected chi connectivity index (χ2v) is 5.59. The Morgan fingerprint density at radius 1 is 1.00 bits per heavy atom. The first kappa shape index (κ1) is 15.2. The Labute approximate surface area is 124 Å². The van der Waals surface area contributed by atoms with Crippen LogP contribution in [0.3, 0.4) is 0 Å². The van der Waals surface area contributed by atoms with Crippen LogP contribution in [-0.4, -0.2) is 5.97 Å². The predicted molar refractivity (Wildman–Crippen MR) is 80.7 cm³/mol. The first-order valence-electron chi connectivity index (χ1n) is 6.48. The second-order valence-electron chi connectivity index (χ2n) is 4.78. The van der Waals surface area contributed by atoms with Gasteiger partial charge in [0, 0.05) is 4.57 Å². The first-order chi connectivity index (χ1) is 9.97. The van der Waals surface area contributed by atoms with Crippen LogP contribution in [0.4, 0.5) is 0 Å². The van der Waals surface area contributed by atoms with Crippen molar-refractivity contribution in [2.45, 2.75) is 20.8 Å². The minimum atomic E-state index is -2.55. The van der Waals surface area contributed by atoms with Gasteiger partial charge in [0.1, 0.15) is 0 Å². The molecule has 0 bridgehead atoms. The number of hydrogen-bond acceptors (Lipinski definition) is 4. The molecule has 0 aliphatic heterocycles. The number of para-hydroxylation sites is 1. The third kappa shape index (κ3) is 3.89. The number of carbonyl (C=O) groups is 1. The summed E-state index contributed by atoms with van der Waals surface area (Å²) >= 11 is 0. The molecule has 0 aliphatic rings. The van der Waals surface area contributed by atoms with Crippen molar-refractivity contribution < 1.29 is 18.4 Å². The van der Waals surface area contributed by atoms with E-state index in [0.29, 0.717) is 11.3 Å². The Hall–Kier alpha value is -2.19. The molecule has 21 heavy (non-hydrogen) atoms. The van der Waals surface area contributed by atoms with Crippen LogP contribution < -0.4 is 4.52 Å². The van der Waals surface area contributed by atoms with E-state index in [1.54, 1.807) is 24.3 Å². The van der Waals surface area contributed by atoms with Crippen molar-refractivity contribution in [3.8, 4) is 5.75 Å². The molecule has 1 atom stereocenters. The van der Waals surface area contributed by atoms with Crippen molar-refractivity contribution in [3.63, 3.8) is 0 Å². The normalized spacial score (nSPS) is 10.9. The van der Waals surface area contributed by atoms with Crippen molar-refractivity contribution in [2.24, 2.45) is 0 Å². The van der Waals surface area contributed by atoms with Crippen LogP contribution in [0.25, 0.3) is 0 Å². The Kier molecular flexibility index (Phi) is 4.71. The van der Waals surface area contributed by atoms with Crippen molar-refractivity contribution in [3.05, 3.63) is 64.7 Å². The summed E-state index contributed by atoms with van der Waals surface area (Å²) in [5.74, 6) is -0.245. The Balaban J connectivity index is 2.10. The largest absolute Gasteiger partial charge is 0.808 e. The summed E-state index contributed by atoms with van der Waals surface area (Å²) < 4.78 is 21.7. The summed E-state index contributed by atoms with van der Waals surface area (Å²) in [6, 6.07) is 12.4. The monoisotopic (exact) mass is 303 g/mol. The zero-order valence-corrected chi connectivity index (χ0v) is 13.0. The predicted octanol–water partition coefficient (Wildman–Crippen LogP) is 4.51. The summed E-state index contributed by atoms with van der Waals surface area (Å²) in [6.07, 6.45) is 0. The smallest absolute Gasteiger partial charge is 0.241 e. The summed E-state index contributed by atoms with van der Waals surface area (Å²) in [6.45, 7) is 5.59. The van der Waals surface area contributed by atoms with Gasteiger partial charge in [-0.25, -0.2) is 9.32 Å². The van der Waals surface area contributed by atoms with Crippen LogP contribution in [0.15, 0.2) is 42.5 Å². The molecule has 108 valence electrons. The average Bonchev–Trinajstić information content (AvgIpc) is 2.38. The van der Waals surface area contributed by atoms with Crippen molar-refractivity contribution in [1.29, 1.82) is 0 Å². The van der Waals surface area contributed by atoms with Gasteiger partial charge in [0.25, 0.3) is 0 Å². The number of benzene rings is 2. The summed E-state index contributed by atoms with van der Waals surface area (Å²) in [7, 11) is -2.55. The Morgan fingerprint density at radius 2 is 1.57 bits per heavy atom. The third-order valence-electron chi connectivity index (χ3n) is 2.96. The summed E-state index contributed by atoms with van der Waals surface area (Å²) in [5.41, 5.74) is 3.08. The van der Waals surface area contributed by atoms with Crippen LogP contribution in [-0.2, 0) is 9.09 Å². The van der Waals surface area contributed by atoms with E-state index in [-0.39, 0.29) is 0 Å². The number of hydrogen-bond donors (Lipinski definition) is 0. The summed E-state index contributed by atoms with van der Waals surface area (Å²) in [5, 5.41) is 0. The highest BCUT2D eigenvalue weighted by molar-refractivity contribution is 7.34. The molecular formula is C16H16O4P+. The highest BCUT2D eigenvalue weighted by atomic mass is 31.1. The molecule has 0 saturated heterocycles. The van der Waals surface area contributed by atoms with E-state index in [2.05, 4.69) is 0 Å². The highest BCUT2D eigenvalue weighted by Gasteiger charge is 2.30. The standard InChI is InChI=1S/C16H16O4P/c1-11-9-12(2)15(13(3)10-11)16(17)20-21(18)19-14-7-5-4-6-8-14/h4-10H,1-3H3/q+1. The van der Waals surface area contributed by atoms with Gasteiger partial charge >= 0.3 is 14.2 Å². The Bertz CT molecular complexity index is 657. The molecule has 0 N–H and O–H groups in total. The van der Waals surface area contributed by atoms with E-state index >= 15 is 0 Å². The zero-order valence-electron chi connectivity index (χ0n) is 12.1. The molecule has 0 radical (unpaired) electrons. The third-order valence-corrected chi connectivity index (χ3v) is 3.64. The second kappa shape index (κ2) is 6.51. The fourth-order valence-electron chi connectivity index (χ4n) is 2.20. The quantitative estimate of drug-likeness (QED) is 0.780. The van der Waals surface area contributed by atoms with Gasteiger partial charge in [-0.2, -0.15) is 4.52 Å². The van der Waals surface area contributed by atoms with E-state index < -0.39 is 14.2 Å². The van der Waals surface area contributed by atoms with Gasteiger partial charge in [-0.15, -0.1) is 0 Å². The molecular weight excluding hydrogens is 287 g/mol. The highest BCUT2D eigenvalue weighted by Crippen LogP contribution is 2.30. The molecule has 5 heteroatoms. The van der Waals surface area contributed by atoms with Crippen LogP contribution in [0.5, 0.6) is 5.75 Å². The molecule has 2 aromatic carbocycles. The van der Waals surface area contributed by atoms with E-state index in [4.69, 9.17) is 9.05 Å². The summed E-state index contributed by atoms with van der Waals surface area (Å²) in [4.78, 5) is 12.1. The van der Waals surface area contributed by atoms with Gasteiger partial charge in [-0.05, 0) is 44.0 Å². The molecule has 0 amide bonds. The molecule has 0 aliphatic carbocycles. The topological polar surface area (TPSA) is 52.6 Å². The van der Waals surface area contributed by atoms with E-state index in [9.17, 15) is 9.36 Å². The molecule has 0 heterocycles. The van der Waals surface area contributed by atoms with Gasteiger partial charge in [0.2, 0.25) is 0 Å². The van der Waals surface area contributed by atoms with Gasteiger partial charge in [0.05, 0.1) is 5.56 Å². The molecule has 0 spiro atoms. The lowest BCUT2D eigenvalue weighted by molar-refractivity contribution is 0.0731. The van der Waals surface area contributed by atoms with Crippen molar-refractivity contribution >= 4 is 14.2 Å². The molecule has 0 saturated carbocycles. The molecule has 0 fully saturated rings. The van der Waals surface area contributed by atoms with Crippen molar-refractivity contribution in [2.75, 3.05) is 0 Å². The van der Waals surface area contributed by atoms with Gasteiger partial charge < -0.3 is 0 Å². The lowest BCUT2D eigenvalue weighted by atomic mass is 10.0. The van der Waals surface area contributed by atoms with Crippen LogP contribution in [0.2, 0.25) is 0 Å². The van der Waals surface area contributed by atoms with Gasteiger partial charge in [-0.3, -0.25) is 0 Å². The Morgan fingerprint density at radius 3 is 2.14 bits per heavy atom. The fourth-order valence-corrected chi connectivity index (χ4v) is 2.76. The number of aryl methyl sites for hydroxylation is 3. The SMILES string of the molecule is Cc1cc(C)c(C(=O)O[P+](=O)Oc2ccccc2)c(C)c1. The van der Waals surface area contributed by atoms with Gasteiger partial charge in [0.15, 0.2) is 5.75 Å². The maximum Gasteiger partial charge on any atom is 0.808 e. The van der Waals surface area contributed by atoms with Crippen LogP contribution in [0.1, 0.15) is 27.0 Å².